The number of ether oxygens (including phenoxy) is 1. The Morgan fingerprint density at radius 1 is 1.00 bits per heavy atom. The summed E-state index contributed by atoms with van der Waals surface area (Å²) in [4.78, 5) is 37.8. The van der Waals surface area contributed by atoms with E-state index in [0.717, 1.165) is 11.1 Å². The molecule has 9 heteroatoms. The second kappa shape index (κ2) is 13.3. The summed E-state index contributed by atoms with van der Waals surface area (Å²) in [7, 11) is -1.98. The molecule has 0 unspecified atom stereocenters. The van der Waals surface area contributed by atoms with Gasteiger partial charge in [-0.2, -0.15) is 0 Å². The highest BCUT2D eigenvalue weighted by molar-refractivity contribution is 6.74. The van der Waals surface area contributed by atoms with Gasteiger partial charge in [0.05, 0.1) is 4.92 Å². The molecule has 39 heavy (non-hydrogen) atoms. The van der Waals surface area contributed by atoms with E-state index in [1.807, 2.05) is 35.2 Å². The first-order valence-corrected chi connectivity index (χ1v) is 16.6. The second-order valence-electron chi connectivity index (χ2n) is 11.9. The molecule has 2 aromatic carbocycles. The van der Waals surface area contributed by atoms with Crippen molar-refractivity contribution in [3.63, 3.8) is 0 Å². The summed E-state index contributed by atoms with van der Waals surface area (Å²) in [5.74, 6) is -0.0343. The van der Waals surface area contributed by atoms with Crippen molar-refractivity contribution >= 4 is 25.9 Å². The van der Waals surface area contributed by atoms with Gasteiger partial charge in [0, 0.05) is 56.5 Å². The minimum Gasteiger partial charge on any atom is -0.461 e. The number of likely N-dealkylation sites (tertiary alicyclic amines) is 1. The molecule has 0 spiro atoms. The predicted molar refractivity (Wildman–Crippen MR) is 154 cm³/mol. The molecule has 1 heterocycles. The molecule has 0 aromatic heterocycles. The predicted octanol–water partition coefficient (Wildman–Crippen LogP) is 6.46. The largest absolute Gasteiger partial charge is 0.461 e. The van der Waals surface area contributed by atoms with Crippen LogP contribution in [0.25, 0.3) is 0 Å². The van der Waals surface area contributed by atoms with Gasteiger partial charge in [-0.15, -0.1) is 0 Å². The zero-order valence-electron chi connectivity index (χ0n) is 23.9. The molecular weight excluding hydrogens is 512 g/mol. The first-order valence-electron chi connectivity index (χ1n) is 13.7. The molecular formula is C30H42N2O6Si. The van der Waals surface area contributed by atoms with Gasteiger partial charge in [-0.1, -0.05) is 63.2 Å². The Kier molecular flexibility index (Phi) is 10.4. The van der Waals surface area contributed by atoms with Gasteiger partial charge in [-0.05, 0) is 42.1 Å². The third kappa shape index (κ3) is 8.73. The highest BCUT2D eigenvalue weighted by Gasteiger charge is 2.41. The van der Waals surface area contributed by atoms with Gasteiger partial charge in [-0.3, -0.25) is 19.7 Å². The molecule has 8 nitrogen and oxygen atoms in total. The quantitative estimate of drug-likeness (QED) is 0.0981. The molecule has 2 atom stereocenters. The van der Waals surface area contributed by atoms with E-state index >= 15 is 0 Å². The molecule has 1 fully saturated rings. The fourth-order valence-corrected chi connectivity index (χ4v) is 5.57. The zero-order chi connectivity index (χ0) is 28.6. The SMILES string of the molecule is CC(C)(C)[Si](C)(C)OC[C@H]1CN(C(=O)CCCCC(=O)OCc2ccccc2)C[C@@H]1c1ccc([N+](=O)[O-])cc1. The second-order valence-corrected chi connectivity index (χ2v) is 16.7. The van der Waals surface area contributed by atoms with E-state index in [1.54, 1.807) is 12.1 Å². The summed E-state index contributed by atoms with van der Waals surface area (Å²) < 4.78 is 11.9. The van der Waals surface area contributed by atoms with Crippen LogP contribution in [-0.2, 0) is 25.4 Å². The van der Waals surface area contributed by atoms with Crippen LogP contribution in [0.15, 0.2) is 54.6 Å². The van der Waals surface area contributed by atoms with Gasteiger partial charge in [0.25, 0.3) is 5.69 Å². The summed E-state index contributed by atoms with van der Waals surface area (Å²) in [6.45, 7) is 13.0. The molecule has 1 saturated heterocycles. The molecule has 0 radical (unpaired) electrons. The number of unbranched alkanes of at least 4 members (excludes halogenated alkanes) is 1. The van der Waals surface area contributed by atoms with Crippen LogP contribution in [0.5, 0.6) is 0 Å². The summed E-state index contributed by atoms with van der Waals surface area (Å²) in [5.41, 5.74) is 1.99. The number of nitrogens with zero attached hydrogens (tertiary/aromatic N) is 2. The third-order valence-electron chi connectivity index (χ3n) is 8.05. The average Bonchev–Trinajstić information content (AvgIpc) is 3.33. The molecule has 1 aliphatic heterocycles. The number of benzene rings is 2. The summed E-state index contributed by atoms with van der Waals surface area (Å²) in [5, 5.41) is 11.2. The van der Waals surface area contributed by atoms with Crippen LogP contribution in [-0.4, -0.2) is 49.7 Å². The van der Waals surface area contributed by atoms with Crippen LogP contribution in [0.2, 0.25) is 18.1 Å². The van der Waals surface area contributed by atoms with Gasteiger partial charge in [0.15, 0.2) is 8.32 Å². The number of non-ortho nitro benzene ring substituents is 1. The van der Waals surface area contributed by atoms with Gasteiger partial charge in [-0.25, -0.2) is 0 Å². The fraction of sp³-hybridized carbons (Fsp3) is 0.533. The summed E-state index contributed by atoms with van der Waals surface area (Å²) >= 11 is 0. The third-order valence-corrected chi connectivity index (χ3v) is 12.6. The highest BCUT2D eigenvalue weighted by Crippen LogP contribution is 2.39. The normalized spacial score (nSPS) is 17.7. The molecule has 0 aliphatic carbocycles. The monoisotopic (exact) mass is 554 g/mol. The van der Waals surface area contributed by atoms with Crippen LogP contribution >= 0.6 is 0 Å². The molecule has 2 aromatic rings. The number of nitro groups is 1. The van der Waals surface area contributed by atoms with Crippen molar-refractivity contribution in [1.29, 1.82) is 0 Å². The topological polar surface area (TPSA) is 99.0 Å². The Morgan fingerprint density at radius 3 is 2.26 bits per heavy atom. The number of hydrogen-bond acceptors (Lipinski definition) is 6. The number of esters is 1. The van der Waals surface area contributed by atoms with Crippen molar-refractivity contribution in [2.45, 2.75) is 77.1 Å². The van der Waals surface area contributed by atoms with Crippen molar-refractivity contribution in [3.8, 4) is 0 Å². The van der Waals surface area contributed by atoms with E-state index in [0.29, 0.717) is 39.0 Å². The van der Waals surface area contributed by atoms with E-state index in [2.05, 4.69) is 33.9 Å². The van der Waals surface area contributed by atoms with Crippen LogP contribution < -0.4 is 0 Å². The smallest absolute Gasteiger partial charge is 0.306 e. The van der Waals surface area contributed by atoms with Crippen LogP contribution in [0.1, 0.15) is 63.5 Å². The van der Waals surface area contributed by atoms with Crippen molar-refractivity contribution in [3.05, 3.63) is 75.8 Å². The van der Waals surface area contributed by atoms with Gasteiger partial charge >= 0.3 is 5.97 Å². The maximum absolute atomic E-state index is 13.1. The van der Waals surface area contributed by atoms with Crippen molar-refractivity contribution < 1.29 is 23.7 Å². The lowest BCUT2D eigenvalue weighted by Crippen LogP contribution is -2.42. The lowest BCUT2D eigenvalue weighted by molar-refractivity contribution is -0.384. The van der Waals surface area contributed by atoms with Crippen molar-refractivity contribution in [1.82, 2.24) is 4.90 Å². The van der Waals surface area contributed by atoms with Gasteiger partial charge < -0.3 is 14.1 Å². The molecule has 1 aliphatic rings. The summed E-state index contributed by atoms with van der Waals surface area (Å²) in [6, 6.07) is 16.2. The number of carbonyl (C=O) groups is 2. The fourth-order valence-electron chi connectivity index (χ4n) is 4.51. The van der Waals surface area contributed by atoms with Crippen molar-refractivity contribution in [2.75, 3.05) is 19.7 Å². The standard InChI is InChI=1S/C30H42N2O6Si/c1-30(2,3)39(4,5)38-22-25-19-31(20-27(25)24-15-17-26(18-16-24)32(35)36)28(33)13-9-10-14-29(34)37-21-23-11-7-6-8-12-23/h6-8,11-12,15-18,25,27H,9-10,13-14,19-22H2,1-5H3/t25-,27-/m1/s1. The Balaban J connectivity index is 1.55. The molecule has 212 valence electrons. The van der Waals surface area contributed by atoms with Gasteiger partial charge in [0.1, 0.15) is 6.61 Å². The first-order chi connectivity index (χ1) is 18.4. The highest BCUT2D eigenvalue weighted by atomic mass is 28.4. The maximum atomic E-state index is 13.1. The zero-order valence-corrected chi connectivity index (χ0v) is 24.9. The maximum Gasteiger partial charge on any atom is 0.306 e. The van der Waals surface area contributed by atoms with E-state index in [-0.39, 0.29) is 47.5 Å². The minimum atomic E-state index is -1.98. The minimum absolute atomic E-state index is 0.0486. The van der Waals surface area contributed by atoms with Crippen LogP contribution in [0, 0.1) is 16.0 Å². The Labute approximate surface area is 233 Å². The first kappa shape index (κ1) is 30.5. The number of hydrogen-bond donors (Lipinski definition) is 0. The van der Waals surface area contributed by atoms with E-state index in [1.165, 1.54) is 12.1 Å². The molecule has 1 amide bonds. The van der Waals surface area contributed by atoms with E-state index in [4.69, 9.17) is 9.16 Å². The molecule has 0 N–H and O–H groups in total. The lowest BCUT2D eigenvalue weighted by atomic mass is 9.89. The lowest BCUT2D eigenvalue weighted by Gasteiger charge is -2.37. The molecule has 0 bridgehead atoms. The number of rotatable bonds is 12. The van der Waals surface area contributed by atoms with Gasteiger partial charge in [0.2, 0.25) is 5.91 Å². The van der Waals surface area contributed by atoms with E-state index in [9.17, 15) is 19.7 Å². The van der Waals surface area contributed by atoms with Crippen LogP contribution in [0.3, 0.4) is 0 Å². The molecule has 3 rings (SSSR count). The Bertz CT molecular complexity index is 1110. The number of amides is 1. The van der Waals surface area contributed by atoms with E-state index < -0.39 is 13.2 Å². The number of carbonyl (C=O) groups excluding carboxylic acids is 2. The Hall–Kier alpha value is -3.04. The Morgan fingerprint density at radius 2 is 1.64 bits per heavy atom. The molecule has 0 saturated carbocycles. The average molecular weight is 555 g/mol. The van der Waals surface area contributed by atoms with Crippen LogP contribution in [0.4, 0.5) is 5.69 Å². The van der Waals surface area contributed by atoms with Crippen molar-refractivity contribution in [2.24, 2.45) is 5.92 Å². The number of nitro benzene ring substituents is 1. The summed E-state index contributed by atoms with van der Waals surface area (Å²) in [6.07, 6.45) is 1.86.